The number of nitrogens with one attached hydrogen (secondary N) is 1. The SMILES string of the molecule is Cc1c(Cl)cccc1S(=O)(=O)N1CCC[C@H](NC(=O)C2CCC(O)CC2)C1. The summed E-state index contributed by atoms with van der Waals surface area (Å²) in [5.41, 5.74) is 0.547. The molecule has 6 nitrogen and oxygen atoms in total. The zero-order valence-electron chi connectivity index (χ0n) is 15.5. The number of carbonyl (C=O) groups is 1. The zero-order chi connectivity index (χ0) is 19.6. The molecule has 0 aromatic heterocycles. The van der Waals surface area contributed by atoms with E-state index in [1.807, 2.05) is 0 Å². The molecule has 1 aliphatic heterocycles. The smallest absolute Gasteiger partial charge is 0.243 e. The molecule has 0 spiro atoms. The number of sulfonamides is 1. The van der Waals surface area contributed by atoms with Crippen LogP contribution in [-0.4, -0.2) is 49.0 Å². The van der Waals surface area contributed by atoms with Crippen LogP contribution in [-0.2, 0) is 14.8 Å². The summed E-state index contributed by atoms with van der Waals surface area (Å²) in [4.78, 5) is 12.7. The fourth-order valence-corrected chi connectivity index (χ4v) is 5.94. The minimum Gasteiger partial charge on any atom is -0.393 e. The number of amides is 1. The van der Waals surface area contributed by atoms with Gasteiger partial charge in [0.2, 0.25) is 15.9 Å². The van der Waals surface area contributed by atoms with Gasteiger partial charge in [-0.2, -0.15) is 4.31 Å². The van der Waals surface area contributed by atoms with Crippen LogP contribution in [0.5, 0.6) is 0 Å². The summed E-state index contributed by atoms with van der Waals surface area (Å²) in [6.45, 7) is 2.42. The van der Waals surface area contributed by atoms with Gasteiger partial charge < -0.3 is 10.4 Å². The van der Waals surface area contributed by atoms with Crippen LogP contribution in [0.1, 0.15) is 44.1 Å². The molecule has 2 fully saturated rings. The molecular weight excluding hydrogens is 388 g/mol. The van der Waals surface area contributed by atoms with E-state index < -0.39 is 10.0 Å². The lowest BCUT2D eigenvalue weighted by molar-refractivity contribution is -0.127. The number of hydrogen-bond donors (Lipinski definition) is 2. The molecular formula is C19H27ClN2O4S. The molecule has 1 saturated carbocycles. The van der Waals surface area contributed by atoms with E-state index in [1.165, 1.54) is 4.31 Å². The van der Waals surface area contributed by atoms with Gasteiger partial charge >= 0.3 is 0 Å². The monoisotopic (exact) mass is 414 g/mol. The number of carbonyl (C=O) groups excluding carboxylic acids is 1. The van der Waals surface area contributed by atoms with Gasteiger partial charge in [0.05, 0.1) is 11.0 Å². The number of nitrogens with zero attached hydrogens (tertiary/aromatic N) is 1. The molecule has 0 bridgehead atoms. The third-order valence-electron chi connectivity index (χ3n) is 5.63. The Hall–Kier alpha value is -1.15. The van der Waals surface area contributed by atoms with E-state index in [9.17, 15) is 18.3 Å². The number of halogens is 1. The van der Waals surface area contributed by atoms with Crippen LogP contribution in [0.3, 0.4) is 0 Å². The Morgan fingerprint density at radius 1 is 1.22 bits per heavy atom. The lowest BCUT2D eigenvalue weighted by Gasteiger charge is -2.34. The van der Waals surface area contributed by atoms with Crippen molar-refractivity contribution in [2.45, 2.75) is 62.5 Å². The summed E-state index contributed by atoms with van der Waals surface area (Å²) in [7, 11) is -3.65. The van der Waals surface area contributed by atoms with E-state index in [2.05, 4.69) is 5.32 Å². The van der Waals surface area contributed by atoms with Gasteiger partial charge in [-0.25, -0.2) is 8.42 Å². The maximum atomic E-state index is 13.1. The molecule has 2 N–H and O–H groups in total. The predicted octanol–water partition coefficient (Wildman–Crippen LogP) is 2.47. The molecule has 0 unspecified atom stereocenters. The summed E-state index contributed by atoms with van der Waals surface area (Å²) in [5, 5.41) is 13.0. The van der Waals surface area contributed by atoms with Crippen molar-refractivity contribution in [2.75, 3.05) is 13.1 Å². The zero-order valence-corrected chi connectivity index (χ0v) is 17.1. The van der Waals surface area contributed by atoms with Crippen molar-refractivity contribution in [3.05, 3.63) is 28.8 Å². The number of aliphatic hydroxyl groups excluding tert-OH is 1. The van der Waals surface area contributed by atoms with Crippen molar-refractivity contribution in [2.24, 2.45) is 5.92 Å². The first kappa shape index (κ1) is 20.6. The van der Waals surface area contributed by atoms with Gasteiger partial charge in [-0.3, -0.25) is 4.79 Å². The second-order valence-electron chi connectivity index (χ2n) is 7.58. The minimum absolute atomic E-state index is 0.0231. The quantitative estimate of drug-likeness (QED) is 0.792. The van der Waals surface area contributed by atoms with Crippen LogP contribution in [0.4, 0.5) is 0 Å². The van der Waals surface area contributed by atoms with E-state index in [0.717, 1.165) is 6.42 Å². The average Bonchev–Trinajstić information content (AvgIpc) is 2.64. The highest BCUT2D eigenvalue weighted by Gasteiger charge is 2.33. The predicted molar refractivity (Wildman–Crippen MR) is 104 cm³/mol. The third-order valence-corrected chi connectivity index (χ3v) is 8.05. The summed E-state index contributed by atoms with van der Waals surface area (Å²) in [5.74, 6) is -0.111. The molecule has 2 aliphatic rings. The topological polar surface area (TPSA) is 86.7 Å². The average molecular weight is 415 g/mol. The van der Waals surface area contributed by atoms with Crippen molar-refractivity contribution < 1.29 is 18.3 Å². The number of hydrogen-bond acceptors (Lipinski definition) is 4. The summed E-state index contributed by atoms with van der Waals surface area (Å²) >= 11 is 6.09. The van der Waals surface area contributed by atoms with Gasteiger partial charge in [-0.05, 0) is 63.1 Å². The van der Waals surface area contributed by atoms with E-state index in [4.69, 9.17) is 11.6 Å². The molecule has 1 aromatic rings. The van der Waals surface area contributed by atoms with Crippen molar-refractivity contribution in [3.63, 3.8) is 0 Å². The van der Waals surface area contributed by atoms with Crippen LogP contribution in [0.15, 0.2) is 23.1 Å². The van der Waals surface area contributed by atoms with Crippen LogP contribution in [0.25, 0.3) is 0 Å². The Bertz CT molecular complexity index is 791. The van der Waals surface area contributed by atoms with Crippen LogP contribution in [0, 0.1) is 12.8 Å². The second kappa shape index (κ2) is 8.47. The Labute approximate surface area is 165 Å². The number of piperidine rings is 1. The maximum Gasteiger partial charge on any atom is 0.243 e. The highest BCUT2D eigenvalue weighted by molar-refractivity contribution is 7.89. The molecule has 1 heterocycles. The van der Waals surface area contributed by atoms with E-state index >= 15 is 0 Å². The molecule has 27 heavy (non-hydrogen) atoms. The Balaban J connectivity index is 1.67. The molecule has 0 radical (unpaired) electrons. The number of benzene rings is 1. The fourth-order valence-electron chi connectivity index (χ4n) is 3.94. The minimum atomic E-state index is -3.65. The van der Waals surface area contributed by atoms with E-state index in [1.54, 1.807) is 25.1 Å². The van der Waals surface area contributed by atoms with Crippen molar-refractivity contribution in [1.29, 1.82) is 0 Å². The largest absolute Gasteiger partial charge is 0.393 e. The lowest BCUT2D eigenvalue weighted by atomic mass is 9.86. The van der Waals surface area contributed by atoms with Crippen LogP contribution < -0.4 is 5.32 Å². The van der Waals surface area contributed by atoms with Gasteiger partial charge in [0, 0.05) is 30.1 Å². The second-order valence-corrected chi connectivity index (χ2v) is 9.89. The standard InChI is InChI=1S/C19H27ClN2O4S/c1-13-17(20)5-2-6-18(13)27(25,26)22-11-3-4-15(12-22)21-19(24)14-7-9-16(23)10-8-14/h2,5-6,14-16,23H,3-4,7-12H2,1H3,(H,21,24)/t14?,15-,16?/m0/s1. The Morgan fingerprint density at radius 3 is 2.63 bits per heavy atom. The van der Waals surface area contributed by atoms with Gasteiger partial charge in [-0.15, -0.1) is 0 Å². The first-order chi connectivity index (χ1) is 12.8. The van der Waals surface area contributed by atoms with Crippen molar-refractivity contribution in [3.8, 4) is 0 Å². The number of aliphatic hydroxyl groups is 1. The van der Waals surface area contributed by atoms with Crippen LogP contribution >= 0.6 is 11.6 Å². The van der Waals surface area contributed by atoms with Crippen molar-refractivity contribution >= 4 is 27.5 Å². The molecule has 1 saturated heterocycles. The van der Waals surface area contributed by atoms with Crippen LogP contribution in [0.2, 0.25) is 5.02 Å². The van der Waals surface area contributed by atoms with Gasteiger partial charge in [0.15, 0.2) is 0 Å². The van der Waals surface area contributed by atoms with Gasteiger partial charge in [0.1, 0.15) is 0 Å². The van der Waals surface area contributed by atoms with Crippen molar-refractivity contribution in [1.82, 2.24) is 9.62 Å². The molecule has 3 rings (SSSR count). The summed E-state index contributed by atoms with van der Waals surface area (Å²) < 4.78 is 27.6. The molecule has 1 atom stereocenters. The van der Waals surface area contributed by atoms with Gasteiger partial charge in [0.25, 0.3) is 0 Å². The maximum absolute atomic E-state index is 13.1. The third kappa shape index (κ3) is 4.65. The highest BCUT2D eigenvalue weighted by Crippen LogP contribution is 2.28. The molecule has 1 aliphatic carbocycles. The lowest BCUT2D eigenvalue weighted by Crippen LogP contribution is -2.51. The summed E-state index contributed by atoms with van der Waals surface area (Å²) in [6.07, 6.45) is 3.83. The fraction of sp³-hybridized carbons (Fsp3) is 0.632. The van der Waals surface area contributed by atoms with Gasteiger partial charge in [-0.1, -0.05) is 17.7 Å². The first-order valence-corrected chi connectivity index (χ1v) is 11.3. The van der Waals surface area contributed by atoms with E-state index in [0.29, 0.717) is 49.2 Å². The Morgan fingerprint density at radius 2 is 1.93 bits per heavy atom. The normalized spacial score (nSPS) is 27.3. The Kier molecular flexibility index (Phi) is 6.46. The number of rotatable bonds is 4. The molecule has 1 aromatic carbocycles. The molecule has 1 amide bonds. The van der Waals surface area contributed by atoms with E-state index in [-0.39, 0.29) is 35.4 Å². The first-order valence-electron chi connectivity index (χ1n) is 9.52. The molecule has 150 valence electrons. The summed E-state index contributed by atoms with van der Waals surface area (Å²) in [6, 6.07) is 4.71. The molecule has 8 heteroatoms. The highest BCUT2D eigenvalue weighted by atomic mass is 35.5.